The third kappa shape index (κ3) is 0.983. The number of nitrogens with one attached hydrogen (secondary N) is 2. The summed E-state index contributed by atoms with van der Waals surface area (Å²) in [5, 5.41) is 14.2. The summed E-state index contributed by atoms with van der Waals surface area (Å²) in [5.74, 6) is 0. The summed E-state index contributed by atoms with van der Waals surface area (Å²) in [6, 6.07) is 2.04. The molecule has 1 aliphatic heterocycles. The van der Waals surface area contributed by atoms with Crippen molar-refractivity contribution in [1.82, 2.24) is 10.6 Å². The molecule has 8 heavy (non-hydrogen) atoms. The van der Waals surface area contributed by atoms with Gasteiger partial charge in [0.25, 0.3) is 0 Å². The molecule has 0 radical (unpaired) electrons. The van der Waals surface area contributed by atoms with Gasteiger partial charge in [0, 0.05) is 12.7 Å². The standard InChI is InChI=1S/C5H7N3/c6-1-5-2-7-4-8-3-5/h2,7-8H,3-4H2. The Morgan fingerprint density at radius 2 is 2.62 bits per heavy atom. The zero-order chi connectivity index (χ0) is 5.82. The van der Waals surface area contributed by atoms with Gasteiger partial charge < -0.3 is 5.32 Å². The Morgan fingerprint density at radius 3 is 3.00 bits per heavy atom. The molecule has 0 aromatic heterocycles. The molecule has 0 aromatic rings. The SMILES string of the molecule is N#CC1=CNCNC1. The molecule has 0 atom stereocenters. The van der Waals surface area contributed by atoms with E-state index < -0.39 is 0 Å². The highest BCUT2D eigenvalue weighted by Crippen LogP contribution is 1.88. The quantitative estimate of drug-likeness (QED) is 0.442. The maximum atomic E-state index is 8.29. The van der Waals surface area contributed by atoms with E-state index in [9.17, 15) is 0 Å². The highest BCUT2D eigenvalue weighted by Gasteiger charge is 1.97. The first-order chi connectivity index (χ1) is 3.93. The fourth-order valence-corrected chi connectivity index (χ4v) is 0.566. The van der Waals surface area contributed by atoms with Crippen molar-refractivity contribution in [2.24, 2.45) is 0 Å². The lowest BCUT2D eigenvalue weighted by molar-refractivity contribution is 0.656. The Morgan fingerprint density at radius 1 is 1.75 bits per heavy atom. The monoisotopic (exact) mass is 109 g/mol. The second-order valence-electron chi connectivity index (χ2n) is 1.59. The molecule has 0 unspecified atom stereocenters. The van der Waals surface area contributed by atoms with Crippen LogP contribution in [0.2, 0.25) is 0 Å². The van der Waals surface area contributed by atoms with Crippen LogP contribution in [0.25, 0.3) is 0 Å². The van der Waals surface area contributed by atoms with Gasteiger partial charge >= 0.3 is 0 Å². The number of hydrogen-bond donors (Lipinski definition) is 2. The van der Waals surface area contributed by atoms with E-state index in [0.29, 0.717) is 6.54 Å². The maximum Gasteiger partial charge on any atom is 0.0976 e. The van der Waals surface area contributed by atoms with E-state index in [1.807, 2.05) is 6.07 Å². The molecular weight excluding hydrogens is 102 g/mol. The first kappa shape index (κ1) is 5.13. The predicted molar refractivity (Wildman–Crippen MR) is 29.7 cm³/mol. The molecule has 2 N–H and O–H groups in total. The molecule has 0 aromatic carbocycles. The lowest BCUT2D eigenvalue weighted by atomic mass is 10.3. The number of nitriles is 1. The number of hydrogen-bond acceptors (Lipinski definition) is 3. The molecule has 0 spiro atoms. The van der Waals surface area contributed by atoms with Gasteiger partial charge in [-0.25, -0.2) is 0 Å². The topological polar surface area (TPSA) is 47.9 Å². The highest BCUT2D eigenvalue weighted by atomic mass is 15.1. The Labute approximate surface area is 48.0 Å². The second kappa shape index (κ2) is 2.34. The van der Waals surface area contributed by atoms with Gasteiger partial charge in [0.1, 0.15) is 0 Å². The zero-order valence-corrected chi connectivity index (χ0v) is 4.44. The first-order valence-corrected chi connectivity index (χ1v) is 2.47. The summed E-state index contributed by atoms with van der Waals surface area (Å²) in [7, 11) is 0. The fraction of sp³-hybridized carbons (Fsp3) is 0.400. The normalized spacial score (nSPS) is 18.1. The van der Waals surface area contributed by atoms with Crippen LogP contribution in [0.15, 0.2) is 11.8 Å². The molecule has 0 aliphatic carbocycles. The summed E-state index contributed by atoms with van der Waals surface area (Å²) in [5.41, 5.74) is 0.760. The van der Waals surface area contributed by atoms with E-state index in [-0.39, 0.29) is 0 Å². The van der Waals surface area contributed by atoms with Crippen LogP contribution >= 0.6 is 0 Å². The Bertz CT molecular complexity index is 142. The van der Waals surface area contributed by atoms with Crippen molar-refractivity contribution in [2.45, 2.75) is 0 Å². The summed E-state index contributed by atoms with van der Waals surface area (Å²) >= 11 is 0. The molecule has 0 saturated heterocycles. The third-order valence-electron chi connectivity index (χ3n) is 0.962. The Hall–Kier alpha value is -1.01. The van der Waals surface area contributed by atoms with Crippen molar-refractivity contribution in [1.29, 1.82) is 5.26 Å². The van der Waals surface area contributed by atoms with Crippen LogP contribution in [0.3, 0.4) is 0 Å². The Kier molecular flexibility index (Phi) is 1.50. The molecule has 0 bridgehead atoms. The lowest BCUT2D eigenvalue weighted by Crippen LogP contribution is -2.32. The molecule has 3 nitrogen and oxygen atoms in total. The zero-order valence-electron chi connectivity index (χ0n) is 4.44. The van der Waals surface area contributed by atoms with Crippen molar-refractivity contribution in [3.8, 4) is 6.07 Å². The van der Waals surface area contributed by atoms with Crippen LogP contribution in [0.4, 0.5) is 0 Å². The van der Waals surface area contributed by atoms with Gasteiger partial charge in [-0.3, -0.25) is 5.32 Å². The van der Waals surface area contributed by atoms with E-state index >= 15 is 0 Å². The average Bonchev–Trinajstić information content (AvgIpc) is 1.90. The van der Waals surface area contributed by atoms with Crippen LogP contribution in [0.5, 0.6) is 0 Å². The number of nitrogens with zero attached hydrogens (tertiary/aromatic N) is 1. The van der Waals surface area contributed by atoms with Gasteiger partial charge in [-0.1, -0.05) is 0 Å². The molecule has 0 amide bonds. The summed E-state index contributed by atoms with van der Waals surface area (Å²) in [6.07, 6.45) is 1.73. The average molecular weight is 109 g/mol. The van der Waals surface area contributed by atoms with Crippen molar-refractivity contribution in [3.63, 3.8) is 0 Å². The van der Waals surface area contributed by atoms with Crippen molar-refractivity contribution in [2.75, 3.05) is 13.2 Å². The van der Waals surface area contributed by atoms with Crippen LogP contribution in [0, 0.1) is 11.3 Å². The third-order valence-corrected chi connectivity index (χ3v) is 0.962. The van der Waals surface area contributed by atoms with Crippen LogP contribution in [-0.2, 0) is 0 Å². The minimum absolute atomic E-state index is 0.698. The predicted octanol–water partition coefficient (Wildman–Crippen LogP) is -0.456. The molecule has 1 rings (SSSR count). The van der Waals surface area contributed by atoms with Gasteiger partial charge in [-0.05, 0) is 0 Å². The molecular formula is C5H7N3. The Balaban J connectivity index is 2.53. The highest BCUT2D eigenvalue weighted by molar-refractivity contribution is 5.22. The molecule has 3 heteroatoms. The van der Waals surface area contributed by atoms with Crippen molar-refractivity contribution >= 4 is 0 Å². The van der Waals surface area contributed by atoms with Gasteiger partial charge in [-0.15, -0.1) is 0 Å². The smallest absolute Gasteiger partial charge is 0.0976 e. The van der Waals surface area contributed by atoms with Crippen LogP contribution < -0.4 is 10.6 Å². The second-order valence-corrected chi connectivity index (χ2v) is 1.59. The largest absolute Gasteiger partial charge is 0.378 e. The maximum absolute atomic E-state index is 8.29. The van der Waals surface area contributed by atoms with Gasteiger partial charge in [0.15, 0.2) is 0 Å². The van der Waals surface area contributed by atoms with Gasteiger partial charge in [-0.2, -0.15) is 5.26 Å². The summed E-state index contributed by atoms with van der Waals surface area (Å²) in [6.45, 7) is 1.47. The van der Waals surface area contributed by atoms with E-state index in [4.69, 9.17) is 5.26 Å². The lowest BCUT2D eigenvalue weighted by Gasteiger charge is -2.09. The molecule has 1 aliphatic rings. The number of rotatable bonds is 0. The van der Waals surface area contributed by atoms with Crippen molar-refractivity contribution in [3.05, 3.63) is 11.8 Å². The minimum atomic E-state index is 0.698. The minimum Gasteiger partial charge on any atom is -0.378 e. The summed E-state index contributed by atoms with van der Waals surface area (Å²) in [4.78, 5) is 0. The molecule has 42 valence electrons. The van der Waals surface area contributed by atoms with E-state index in [1.165, 1.54) is 0 Å². The molecule has 0 fully saturated rings. The van der Waals surface area contributed by atoms with Crippen LogP contribution in [0.1, 0.15) is 0 Å². The fourth-order valence-electron chi connectivity index (χ4n) is 0.566. The van der Waals surface area contributed by atoms with Gasteiger partial charge in [0.2, 0.25) is 0 Å². The van der Waals surface area contributed by atoms with E-state index in [1.54, 1.807) is 6.20 Å². The van der Waals surface area contributed by atoms with E-state index in [0.717, 1.165) is 12.2 Å². The van der Waals surface area contributed by atoms with Crippen molar-refractivity contribution < 1.29 is 0 Å². The van der Waals surface area contributed by atoms with Crippen LogP contribution in [-0.4, -0.2) is 13.2 Å². The molecule has 1 heterocycles. The summed E-state index contributed by atoms with van der Waals surface area (Å²) < 4.78 is 0. The first-order valence-electron chi connectivity index (χ1n) is 2.47. The van der Waals surface area contributed by atoms with Gasteiger partial charge in [0.05, 0.1) is 18.3 Å². The van der Waals surface area contributed by atoms with E-state index in [2.05, 4.69) is 10.6 Å². The molecule has 0 saturated carbocycles.